The van der Waals surface area contributed by atoms with Gasteiger partial charge in [0.25, 0.3) is 0 Å². The second-order valence-electron chi connectivity index (χ2n) is 11.8. The van der Waals surface area contributed by atoms with Crippen LogP contribution >= 0.6 is 11.6 Å². The fraction of sp³-hybridized carbons (Fsp3) is 0.270. The van der Waals surface area contributed by atoms with Crippen molar-refractivity contribution in [1.82, 2.24) is 24.6 Å². The lowest BCUT2D eigenvalue weighted by Crippen LogP contribution is -2.46. The number of ether oxygens (including phenoxy) is 1. The zero-order chi connectivity index (χ0) is 31.9. The van der Waals surface area contributed by atoms with E-state index in [1.807, 2.05) is 29.1 Å². The van der Waals surface area contributed by atoms with Gasteiger partial charge in [-0.3, -0.25) is 4.90 Å². The van der Waals surface area contributed by atoms with Crippen LogP contribution in [-0.2, 0) is 13.2 Å². The molecule has 5 aromatic rings. The van der Waals surface area contributed by atoms with Crippen LogP contribution < -0.4 is 15.0 Å². The van der Waals surface area contributed by atoms with Crippen LogP contribution in [0, 0.1) is 20.8 Å². The summed E-state index contributed by atoms with van der Waals surface area (Å²) in [4.78, 5) is 13.9. The number of nitrogens with one attached hydrogen (secondary N) is 1. The SMILES string of the molecule is Cc1ccc(CNc2nccc(-n3ncc(/C=C/CN4CCN(c5cc(Cl)cc(OCc6ccc(C)cc6)c5)CC4)c3C)n2)cc1. The number of benzene rings is 3. The Hall–Kier alpha value is -4.66. The van der Waals surface area contributed by atoms with Gasteiger partial charge in [0.15, 0.2) is 5.82 Å². The molecule has 1 aliphatic rings. The first-order valence-electron chi connectivity index (χ1n) is 15.7. The molecule has 0 saturated carbocycles. The first-order valence-corrected chi connectivity index (χ1v) is 16.1. The lowest BCUT2D eigenvalue weighted by Gasteiger charge is -2.35. The van der Waals surface area contributed by atoms with E-state index in [0.717, 1.165) is 66.8 Å². The summed E-state index contributed by atoms with van der Waals surface area (Å²) < 4.78 is 7.95. The molecule has 0 amide bonds. The van der Waals surface area contributed by atoms with Crippen molar-refractivity contribution in [2.75, 3.05) is 42.9 Å². The molecule has 0 aliphatic carbocycles. The minimum atomic E-state index is 0.518. The molecule has 3 heterocycles. The van der Waals surface area contributed by atoms with E-state index in [2.05, 4.69) is 113 Å². The molecule has 0 unspecified atom stereocenters. The molecule has 1 N–H and O–H groups in total. The van der Waals surface area contributed by atoms with Crippen molar-refractivity contribution in [3.63, 3.8) is 0 Å². The van der Waals surface area contributed by atoms with Crippen molar-refractivity contribution in [2.45, 2.75) is 33.9 Å². The van der Waals surface area contributed by atoms with Crippen LogP contribution in [0.4, 0.5) is 11.6 Å². The maximum atomic E-state index is 6.49. The molecule has 46 heavy (non-hydrogen) atoms. The number of aryl methyl sites for hydroxylation is 2. The van der Waals surface area contributed by atoms with Crippen LogP contribution in [0.3, 0.4) is 0 Å². The van der Waals surface area contributed by atoms with Gasteiger partial charge < -0.3 is 15.0 Å². The molecule has 0 atom stereocenters. The van der Waals surface area contributed by atoms with Crippen LogP contribution in [0.5, 0.6) is 5.75 Å². The molecule has 0 bridgehead atoms. The number of rotatable bonds is 11. The monoisotopic (exact) mass is 633 g/mol. The number of anilines is 2. The van der Waals surface area contributed by atoms with E-state index < -0.39 is 0 Å². The van der Waals surface area contributed by atoms with Crippen molar-refractivity contribution in [1.29, 1.82) is 0 Å². The Kier molecular flexibility index (Phi) is 9.96. The Morgan fingerprint density at radius 2 is 1.59 bits per heavy atom. The third-order valence-electron chi connectivity index (χ3n) is 8.26. The molecule has 9 heteroatoms. The number of hydrogen-bond donors (Lipinski definition) is 1. The van der Waals surface area contributed by atoms with Crippen LogP contribution in [0.1, 0.15) is 33.5 Å². The molecule has 0 radical (unpaired) electrons. The second-order valence-corrected chi connectivity index (χ2v) is 12.2. The topological polar surface area (TPSA) is 71.3 Å². The lowest BCUT2D eigenvalue weighted by atomic mass is 10.1. The predicted molar refractivity (Wildman–Crippen MR) is 187 cm³/mol. The zero-order valence-electron chi connectivity index (χ0n) is 26.7. The summed E-state index contributed by atoms with van der Waals surface area (Å²) in [6.07, 6.45) is 8.02. The lowest BCUT2D eigenvalue weighted by molar-refractivity contribution is 0.284. The Morgan fingerprint density at radius 3 is 2.33 bits per heavy atom. The van der Waals surface area contributed by atoms with Crippen molar-refractivity contribution in [3.05, 3.63) is 130 Å². The minimum Gasteiger partial charge on any atom is -0.489 e. The van der Waals surface area contributed by atoms with Gasteiger partial charge in [-0.2, -0.15) is 10.1 Å². The first-order chi connectivity index (χ1) is 22.4. The zero-order valence-corrected chi connectivity index (χ0v) is 27.4. The highest BCUT2D eigenvalue weighted by atomic mass is 35.5. The summed E-state index contributed by atoms with van der Waals surface area (Å²) in [5.41, 5.74) is 8.01. The van der Waals surface area contributed by atoms with E-state index in [0.29, 0.717) is 24.1 Å². The smallest absolute Gasteiger partial charge is 0.224 e. The first kappa shape index (κ1) is 31.3. The van der Waals surface area contributed by atoms with E-state index in [1.165, 1.54) is 16.7 Å². The summed E-state index contributed by atoms with van der Waals surface area (Å²) in [5, 5.41) is 8.63. The maximum absolute atomic E-state index is 6.49. The molecule has 6 rings (SSSR count). The number of aromatic nitrogens is 4. The summed E-state index contributed by atoms with van der Waals surface area (Å²) in [5.74, 6) is 2.11. The molecule has 236 valence electrons. The van der Waals surface area contributed by atoms with Gasteiger partial charge in [-0.25, -0.2) is 9.67 Å². The largest absolute Gasteiger partial charge is 0.489 e. The van der Waals surface area contributed by atoms with Gasteiger partial charge >= 0.3 is 0 Å². The summed E-state index contributed by atoms with van der Waals surface area (Å²) in [6, 6.07) is 24.7. The molecule has 3 aromatic carbocycles. The number of nitrogens with zero attached hydrogens (tertiary/aromatic N) is 6. The van der Waals surface area contributed by atoms with Gasteiger partial charge in [0.05, 0.1) is 11.9 Å². The van der Waals surface area contributed by atoms with Gasteiger partial charge in [0.2, 0.25) is 5.95 Å². The average Bonchev–Trinajstić information content (AvgIpc) is 3.44. The number of halogens is 1. The van der Waals surface area contributed by atoms with E-state index in [4.69, 9.17) is 21.3 Å². The third-order valence-corrected chi connectivity index (χ3v) is 8.48. The highest BCUT2D eigenvalue weighted by molar-refractivity contribution is 6.31. The Labute approximate surface area is 276 Å². The van der Waals surface area contributed by atoms with Crippen LogP contribution in [0.15, 0.2) is 91.3 Å². The highest BCUT2D eigenvalue weighted by Gasteiger charge is 2.18. The second kappa shape index (κ2) is 14.6. The summed E-state index contributed by atoms with van der Waals surface area (Å²) >= 11 is 6.49. The van der Waals surface area contributed by atoms with E-state index in [9.17, 15) is 0 Å². The van der Waals surface area contributed by atoms with Crippen LogP contribution in [-0.4, -0.2) is 57.4 Å². The van der Waals surface area contributed by atoms with Gasteiger partial charge in [-0.1, -0.05) is 83.4 Å². The van der Waals surface area contributed by atoms with Gasteiger partial charge in [-0.15, -0.1) is 0 Å². The van der Waals surface area contributed by atoms with Crippen LogP contribution in [0.25, 0.3) is 11.9 Å². The molecular weight excluding hydrogens is 594 g/mol. The van der Waals surface area contributed by atoms with Gasteiger partial charge in [0.1, 0.15) is 12.4 Å². The van der Waals surface area contributed by atoms with E-state index >= 15 is 0 Å². The molecule has 2 aromatic heterocycles. The normalized spacial score (nSPS) is 13.8. The molecule has 1 fully saturated rings. The van der Waals surface area contributed by atoms with Gasteiger partial charge in [0, 0.05) is 73.9 Å². The fourth-order valence-corrected chi connectivity index (χ4v) is 5.66. The third kappa shape index (κ3) is 8.13. The Morgan fingerprint density at radius 1 is 0.870 bits per heavy atom. The van der Waals surface area contributed by atoms with Crippen molar-refractivity contribution >= 4 is 29.3 Å². The standard InChI is InChI=1S/C37H40ClN7O/c1-27-6-10-30(11-7-27)24-40-37-39-15-14-36(42-37)45-29(3)32(25-41-45)5-4-16-43-17-19-44(20-18-43)34-21-33(38)22-35(23-34)46-26-31-12-8-28(2)9-13-31/h4-15,21-23,25H,16-20,24,26H2,1-3H3,(H,39,40,42)/b5-4+. The molecule has 1 saturated heterocycles. The van der Waals surface area contributed by atoms with Crippen molar-refractivity contribution in [3.8, 4) is 11.6 Å². The predicted octanol–water partition coefficient (Wildman–Crippen LogP) is 7.27. The summed E-state index contributed by atoms with van der Waals surface area (Å²) in [6.45, 7) is 12.1. The fourth-order valence-electron chi connectivity index (χ4n) is 5.44. The van der Waals surface area contributed by atoms with Crippen molar-refractivity contribution < 1.29 is 4.74 Å². The number of piperazine rings is 1. The minimum absolute atomic E-state index is 0.518. The summed E-state index contributed by atoms with van der Waals surface area (Å²) in [7, 11) is 0. The van der Waals surface area contributed by atoms with E-state index in [-0.39, 0.29) is 0 Å². The van der Waals surface area contributed by atoms with Crippen LogP contribution in [0.2, 0.25) is 5.02 Å². The number of hydrogen-bond acceptors (Lipinski definition) is 7. The average molecular weight is 634 g/mol. The molecular formula is C37H40ClN7O. The highest BCUT2D eigenvalue weighted by Crippen LogP contribution is 2.28. The maximum Gasteiger partial charge on any atom is 0.224 e. The van der Waals surface area contributed by atoms with Crippen molar-refractivity contribution in [2.24, 2.45) is 0 Å². The molecule has 1 aliphatic heterocycles. The molecule has 8 nitrogen and oxygen atoms in total. The Balaban J connectivity index is 1.00. The molecule has 0 spiro atoms. The quantitative estimate of drug-likeness (QED) is 0.164. The van der Waals surface area contributed by atoms with E-state index in [1.54, 1.807) is 6.20 Å². The Bertz CT molecular complexity index is 1780. The van der Waals surface area contributed by atoms with Gasteiger partial charge in [-0.05, 0) is 44.0 Å².